The minimum absolute atomic E-state index is 0. The van der Waals surface area contributed by atoms with Gasteiger partial charge in [-0.05, 0) is 93.6 Å². The maximum atomic E-state index is 14.6. The lowest BCUT2D eigenvalue weighted by Crippen LogP contribution is -2.46. The predicted octanol–water partition coefficient (Wildman–Crippen LogP) is 4.74. The Morgan fingerprint density at radius 1 is 0.854 bits per heavy atom. The van der Waals surface area contributed by atoms with E-state index in [0.29, 0.717) is 43.6 Å². The van der Waals surface area contributed by atoms with Crippen LogP contribution in [0.4, 0.5) is 0 Å². The molecule has 2 aliphatic heterocycles. The molecular weight excluding hydrogens is 567 g/mol. The van der Waals surface area contributed by atoms with Crippen LogP contribution < -0.4 is 25.0 Å². The first-order chi connectivity index (χ1) is 19.3. The highest BCUT2D eigenvalue weighted by molar-refractivity contribution is 7.55. The van der Waals surface area contributed by atoms with Gasteiger partial charge in [-0.15, -0.1) is 12.4 Å². The molecular formula is C29H40ClN4O6P. The van der Waals surface area contributed by atoms with Gasteiger partial charge in [-0.3, -0.25) is 14.4 Å². The zero-order valence-corrected chi connectivity index (χ0v) is 25.3. The molecule has 0 radical (unpaired) electrons. The smallest absolute Gasteiger partial charge is 0.415 e. The number of halogens is 1. The molecule has 10 nitrogen and oxygen atoms in total. The summed E-state index contributed by atoms with van der Waals surface area (Å²) in [5, 5.41) is 8.88. The van der Waals surface area contributed by atoms with Crippen LogP contribution in [0.15, 0.2) is 48.5 Å². The van der Waals surface area contributed by atoms with Crippen molar-refractivity contribution in [3.63, 3.8) is 0 Å². The Labute approximate surface area is 247 Å². The molecule has 4 rings (SSSR count). The van der Waals surface area contributed by atoms with Gasteiger partial charge in [0.15, 0.2) is 5.78 Å². The first-order valence-corrected chi connectivity index (χ1v) is 15.7. The highest BCUT2D eigenvalue weighted by Crippen LogP contribution is 2.57. The summed E-state index contributed by atoms with van der Waals surface area (Å²) >= 11 is 0. The Morgan fingerprint density at radius 3 is 1.80 bits per heavy atom. The van der Waals surface area contributed by atoms with Gasteiger partial charge >= 0.3 is 7.60 Å². The van der Waals surface area contributed by atoms with E-state index in [2.05, 4.69) is 16.0 Å². The van der Waals surface area contributed by atoms with Gasteiger partial charge in [-0.25, -0.2) is 4.57 Å². The standard InChI is InChI=1S/C29H39N4O6P.ClH/c1-3-17-31-27(34)21-9-13-23(14-10-21)38-40(37,26-8-6-20-33(26)29(36)25-7-5-19-30-25)39-24-15-11-22(12-16-24)28(35)32-18-4-2;/h9-16,25-26,30H,3-8,17-20H2,1-2H3,(H,31,34)(H,32,35);1H. The molecule has 2 aromatic rings. The van der Waals surface area contributed by atoms with E-state index in [1.165, 1.54) is 0 Å². The van der Waals surface area contributed by atoms with Crippen molar-refractivity contribution >= 4 is 37.7 Å². The van der Waals surface area contributed by atoms with Crippen molar-refractivity contribution in [2.45, 2.75) is 64.2 Å². The number of likely N-dealkylation sites (tertiary alicyclic amines) is 1. The summed E-state index contributed by atoms with van der Waals surface area (Å²) in [4.78, 5) is 39.6. The second-order valence-corrected chi connectivity index (χ2v) is 12.1. The molecule has 2 atom stereocenters. The van der Waals surface area contributed by atoms with E-state index in [9.17, 15) is 18.9 Å². The second kappa shape index (κ2) is 15.2. The summed E-state index contributed by atoms with van der Waals surface area (Å²) in [6.07, 6.45) is 4.43. The topological polar surface area (TPSA) is 126 Å². The van der Waals surface area contributed by atoms with E-state index in [0.717, 1.165) is 32.2 Å². The summed E-state index contributed by atoms with van der Waals surface area (Å²) in [5.41, 5.74) is 0.914. The maximum absolute atomic E-state index is 14.6. The second-order valence-electron chi connectivity index (χ2n) is 10.1. The Hall–Kier alpha value is -3.07. The fourth-order valence-corrected chi connectivity index (χ4v) is 7.06. The number of carbonyl (C=O) groups excluding carboxylic acids is 3. The lowest BCUT2D eigenvalue weighted by molar-refractivity contribution is -0.132. The molecule has 2 aromatic carbocycles. The molecule has 0 bridgehead atoms. The zero-order valence-electron chi connectivity index (χ0n) is 23.6. The molecule has 0 aromatic heterocycles. The SMILES string of the molecule is CCCNC(=O)c1ccc(OP(=O)(Oc2ccc(C(=O)NCCC)cc2)C2CCCN2C(=O)C2CCCN2)cc1.Cl. The summed E-state index contributed by atoms with van der Waals surface area (Å²) in [5.74, 6) is -0.741. The number of benzene rings is 2. The van der Waals surface area contributed by atoms with Crippen molar-refractivity contribution in [1.29, 1.82) is 0 Å². The van der Waals surface area contributed by atoms with Crippen LogP contribution in [0.3, 0.4) is 0 Å². The molecule has 0 saturated carbocycles. The van der Waals surface area contributed by atoms with Gasteiger partial charge in [-0.2, -0.15) is 0 Å². The van der Waals surface area contributed by atoms with Crippen LogP contribution in [0.25, 0.3) is 0 Å². The first-order valence-electron chi connectivity index (χ1n) is 14.1. The largest absolute Gasteiger partial charge is 0.453 e. The van der Waals surface area contributed by atoms with Gasteiger partial charge in [-0.1, -0.05) is 13.8 Å². The number of amides is 3. The summed E-state index contributed by atoms with van der Waals surface area (Å²) < 4.78 is 26.8. The molecule has 2 aliphatic rings. The lowest BCUT2D eigenvalue weighted by Gasteiger charge is -2.32. The molecule has 3 amide bonds. The molecule has 224 valence electrons. The van der Waals surface area contributed by atoms with Crippen molar-refractivity contribution in [2.24, 2.45) is 0 Å². The number of nitrogens with zero attached hydrogens (tertiary/aromatic N) is 1. The van der Waals surface area contributed by atoms with Crippen LogP contribution in [-0.4, -0.2) is 60.6 Å². The van der Waals surface area contributed by atoms with Crippen LogP contribution in [0.1, 0.15) is 73.1 Å². The minimum atomic E-state index is -4.00. The highest BCUT2D eigenvalue weighted by Gasteiger charge is 2.49. The predicted molar refractivity (Wildman–Crippen MR) is 160 cm³/mol. The quantitative estimate of drug-likeness (QED) is 0.298. The first kappa shape index (κ1) is 32.4. The fraction of sp³-hybridized carbons (Fsp3) is 0.483. The van der Waals surface area contributed by atoms with Gasteiger partial charge in [0.2, 0.25) is 5.91 Å². The number of carbonyl (C=O) groups is 3. The van der Waals surface area contributed by atoms with Crippen LogP contribution in [-0.2, 0) is 9.36 Å². The summed E-state index contributed by atoms with van der Waals surface area (Å²) in [7, 11) is -4.00. The monoisotopic (exact) mass is 606 g/mol. The molecule has 0 spiro atoms. The van der Waals surface area contributed by atoms with Crippen molar-refractivity contribution in [1.82, 2.24) is 20.9 Å². The van der Waals surface area contributed by atoms with Crippen molar-refractivity contribution in [3.8, 4) is 11.5 Å². The van der Waals surface area contributed by atoms with Gasteiger partial charge in [0.25, 0.3) is 11.8 Å². The van der Waals surface area contributed by atoms with Gasteiger partial charge < -0.3 is 29.9 Å². The molecule has 2 saturated heterocycles. The van der Waals surface area contributed by atoms with Gasteiger partial charge in [0.05, 0.1) is 6.04 Å². The third-order valence-corrected chi connectivity index (χ3v) is 9.19. The molecule has 2 fully saturated rings. The van der Waals surface area contributed by atoms with Gasteiger partial charge in [0.1, 0.15) is 11.5 Å². The van der Waals surface area contributed by atoms with Crippen LogP contribution in [0.5, 0.6) is 11.5 Å². The molecule has 2 heterocycles. The number of nitrogens with one attached hydrogen (secondary N) is 3. The van der Waals surface area contributed by atoms with E-state index < -0.39 is 13.4 Å². The van der Waals surface area contributed by atoms with Crippen molar-refractivity contribution in [3.05, 3.63) is 59.7 Å². The van der Waals surface area contributed by atoms with E-state index in [1.807, 2.05) is 13.8 Å². The lowest BCUT2D eigenvalue weighted by atomic mass is 10.2. The van der Waals surface area contributed by atoms with Gasteiger partial charge in [0, 0.05) is 30.8 Å². The fourth-order valence-electron chi connectivity index (χ4n) is 4.88. The third-order valence-electron chi connectivity index (χ3n) is 7.00. The average molecular weight is 607 g/mol. The Kier molecular flexibility index (Phi) is 12.1. The third kappa shape index (κ3) is 8.24. The Balaban J connectivity index is 0.00000462. The van der Waals surface area contributed by atoms with Crippen LogP contribution in [0, 0.1) is 0 Å². The molecule has 0 aliphatic carbocycles. The van der Waals surface area contributed by atoms with Crippen molar-refractivity contribution < 1.29 is 28.0 Å². The summed E-state index contributed by atoms with van der Waals surface area (Å²) in [6.45, 7) is 6.33. The molecule has 41 heavy (non-hydrogen) atoms. The number of hydrogen-bond acceptors (Lipinski definition) is 7. The normalized spacial score (nSPS) is 18.3. The average Bonchev–Trinajstić information content (AvgIpc) is 3.68. The van der Waals surface area contributed by atoms with E-state index >= 15 is 0 Å². The summed E-state index contributed by atoms with van der Waals surface area (Å²) in [6, 6.07) is 12.4. The van der Waals surface area contributed by atoms with Crippen molar-refractivity contribution in [2.75, 3.05) is 26.2 Å². The van der Waals surface area contributed by atoms with Crippen LogP contribution in [0.2, 0.25) is 0 Å². The van der Waals surface area contributed by atoms with Crippen LogP contribution >= 0.6 is 20.0 Å². The maximum Gasteiger partial charge on any atom is 0.453 e. The number of hydrogen-bond donors (Lipinski definition) is 3. The minimum Gasteiger partial charge on any atom is -0.415 e. The highest BCUT2D eigenvalue weighted by atomic mass is 35.5. The van der Waals surface area contributed by atoms with E-state index in [1.54, 1.807) is 53.4 Å². The zero-order chi connectivity index (χ0) is 28.5. The Bertz CT molecular complexity index is 1150. The molecule has 12 heteroatoms. The Morgan fingerprint density at radius 2 is 1.37 bits per heavy atom. The van der Waals surface area contributed by atoms with E-state index in [4.69, 9.17) is 9.05 Å². The number of rotatable bonds is 12. The molecule has 2 unspecified atom stereocenters. The van der Waals surface area contributed by atoms with E-state index in [-0.39, 0.29) is 47.7 Å². The molecule has 3 N–H and O–H groups in total.